The van der Waals surface area contributed by atoms with Crippen molar-refractivity contribution in [2.45, 2.75) is 52.5 Å². The Morgan fingerprint density at radius 3 is 2.27 bits per heavy atom. The Labute approximate surface area is 135 Å². The maximum atomic E-state index is 11.1. The van der Waals surface area contributed by atoms with E-state index in [1.807, 2.05) is 32.2 Å². The molecule has 0 amide bonds. The van der Waals surface area contributed by atoms with Crippen molar-refractivity contribution in [3.8, 4) is 5.75 Å². The van der Waals surface area contributed by atoms with Gasteiger partial charge in [-0.05, 0) is 37.1 Å². The molecule has 1 N–H and O–H groups in total. The molecule has 0 aliphatic heterocycles. The van der Waals surface area contributed by atoms with Crippen LogP contribution >= 0.6 is 8.25 Å². The molecule has 2 unspecified atom stereocenters. The molecule has 0 spiro atoms. The summed E-state index contributed by atoms with van der Waals surface area (Å²) in [6.07, 6.45) is -0.829. The quantitative estimate of drug-likeness (QED) is 0.483. The zero-order chi connectivity index (χ0) is 17.1. The van der Waals surface area contributed by atoms with Gasteiger partial charge < -0.3 is 14.1 Å². The van der Waals surface area contributed by atoms with Crippen molar-refractivity contribution in [1.29, 1.82) is 0 Å². The first kappa shape index (κ1) is 19.4. The fraction of sp³-hybridized carbons (Fsp3) is 0.600. The smallest absolute Gasteiger partial charge is 0.319 e. The van der Waals surface area contributed by atoms with Crippen molar-refractivity contribution in [1.82, 2.24) is 0 Å². The summed E-state index contributed by atoms with van der Waals surface area (Å²) >= 11 is 0. The average Bonchev–Trinajstić information content (AvgIpc) is 2.34. The lowest BCUT2D eigenvalue weighted by Gasteiger charge is -2.27. The highest BCUT2D eigenvalue weighted by Gasteiger charge is 2.25. The molecule has 0 aromatic heterocycles. The van der Waals surface area contributed by atoms with Crippen LogP contribution in [0.3, 0.4) is 0 Å². The monoisotopic (exact) mass is 346 g/mol. The van der Waals surface area contributed by atoms with Crippen LogP contribution in [0, 0.1) is 6.92 Å². The zero-order valence-electron chi connectivity index (χ0n) is 14.4. The number of hydrogen-bond donors (Lipinski definition) is 1. The normalized spacial score (nSPS) is 15.0. The molecule has 0 radical (unpaired) electrons. The molecule has 22 heavy (non-hydrogen) atoms. The van der Waals surface area contributed by atoms with E-state index in [9.17, 15) is 4.57 Å². The van der Waals surface area contributed by atoms with Gasteiger partial charge in [-0.3, -0.25) is 9.09 Å². The van der Waals surface area contributed by atoms with Crippen LogP contribution in [0.1, 0.15) is 43.8 Å². The molecule has 1 aromatic carbocycles. The van der Waals surface area contributed by atoms with Gasteiger partial charge in [-0.2, -0.15) is 0 Å². The Hall–Kier alpha value is -0.653. The molecule has 0 saturated carbocycles. The second-order valence-corrected chi connectivity index (χ2v) is 9.70. The Kier molecular flexibility index (Phi) is 6.83. The van der Waals surface area contributed by atoms with Gasteiger partial charge in [0.1, 0.15) is 5.75 Å². The summed E-state index contributed by atoms with van der Waals surface area (Å²) in [7, 11) is -2.91. The molecule has 2 atom stereocenters. The minimum absolute atomic E-state index is 0.0670. The van der Waals surface area contributed by atoms with Gasteiger partial charge in [0.25, 0.3) is 0 Å². The molecule has 0 bridgehead atoms. The number of methoxy groups -OCH3 is 1. The van der Waals surface area contributed by atoms with Gasteiger partial charge in [-0.1, -0.05) is 26.8 Å². The second kappa shape index (κ2) is 7.75. The van der Waals surface area contributed by atoms with E-state index >= 15 is 0 Å². The van der Waals surface area contributed by atoms with Gasteiger partial charge in [0.15, 0.2) is 15.3 Å². The average molecular weight is 346 g/mol. The fourth-order valence-electron chi connectivity index (χ4n) is 2.55. The maximum Gasteiger partial charge on any atom is 0.319 e. The Balaban J connectivity index is 3.34. The summed E-state index contributed by atoms with van der Waals surface area (Å²) in [5.74, 6) is 0.739. The molecule has 126 valence electrons. The summed E-state index contributed by atoms with van der Waals surface area (Å²) in [5.41, 5.74) is 2.79. The third-order valence-corrected chi connectivity index (χ3v) is 4.37. The first-order valence-corrected chi connectivity index (χ1v) is 11.3. The lowest BCUT2D eigenvalue weighted by molar-refractivity contribution is 0.000423. The minimum atomic E-state index is -3.09. The first-order valence-electron chi connectivity index (χ1n) is 7.30. The highest BCUT2D eigenvalue weighted by atomic mass is 31.1. The van der Waals surface area contributed by atoms with Crippen molar-refractivity contribution >= 4 is 17.3 Å². The van der Waals surface area contributed by atoms with E-state index in [0.717, 1.165) is 16.9 Å². The Morgan fingerprint density at radius 1 is 1.27 bits per heavy atom. The van der Waals surface area contributed by atoms with Gasteiger partial charge in [0.2, 0.25) is 0 Å². The third-order valence-electron chi connectivity index (χ3n) is 3.17. The van der Waals surface area contributed by atoms with Crippen LogP contribution in [-0.4, -0.2) is 21.0 Å². The lowest BCUT2D eigenvalue weighted by atomic mass is 9.82. The van der Waals surface area contributed by atoms with E-state index in [-0.39, 0.29) is 5.41 Å². The Bertz CT molecular complexity index is 539. The summed E-state index contributed by atoms with van der Waals surface area (Å²) < 4.78 is 27.5. The van der Waals surface area contributed by atoms with Crippen molar-refractivity contribution in [2.24, 2.45) is 0 Å². The first-order chi connectivity index (χ1) is 10.1. The van der Waals surface area contributed by atoms with Crippen LogP contribution in [0.15, 0.2) is 12.1 Å². The SMILES string of the molecule is COc1cc(C(O[SiH](C)C)O[PH](=O)O)cc(C)c1C(C)(C)C. The van der Waals surface area contributed by atoms with E-state index in [0.29, 0.717) is 5.56 Å². The molecule has 0 fully saturated rings. The fourth-order valence-corrected chi connectivity index (χ4v) is 3.75. The number of benzene rings is 1. The van der Waals surface area contributed by atoms with Crippen LogP contribution in [0.5, 0.6) is 5.75 Å². The summed E-state index contributed by atoms with van der Waals surface area (Å²) in [6, 6.07) is 3.77. The molecule has 0 aliphatic carbocycles. The standard InChI is InChI=1S/C15H27O5PSi/c1-10-8-11(14(19-21(16)17)20-22(6)7)9-12(18-5)13(10)15(2,3)4/h8-9,14,21-22H,1-7H3,(H,16,17). The van der Waals surface area contributed by atoms with E-state index in [1.54, 1.807) is 7.11 Å². The van der Waals surface area contributed by atoms with Crippen molar-refractivity contribution in [3.63, 3.8) is 0 Å². The van der Waals surface area contributed by atoms with Gasteiger partial charge in [0.05, 0.1) is 7.11 Å². The predicted octanol–water partition coefficient (Wildman–Crippen LogP) is 3.70. The van der Waals surface area contributed by atoms with Crippen LogP contribution in [0.25, 0.3) is 0 Å². The largest absolute Gasteiger partial charge is 0.496 e. The Morgan fingerprint density at radius 2 is 1.86 bits per heavy atom. The number of aryl methyl sites for hydroxylation is 1. The summed E-state index contributed by atoms with van der Waals surface area (Å²) in [6.45, 7) is 12.3. The molecule has 5 nitrogen and oxygen atoms in total. The summed E-state index contributed by atoms with van der Waals surface area (Å²) in [4.78, 5) is 9.10. The molecule has 1 rings (SSSR count). The van der Waals surface area contributed by atoms with E-state index < -0.39 is 23.6 Å². The van der Waals surface area contributed by atoms with E-state index in [2.05, 4.69) is 20.8 Å². The van der Waals surface area contributed by atoms with Gasteiger partial charge in [-0.25, -0.2) is 0 Å². The number of rotatable bonds is 6. The van der Waals surface area contributed by atoms with Gasteiger partial charge in [0, 0.05) is 11.1 Å². The van der Waals surface area contributed by atoms with E-state index in [1.165, 1.54) is 0 Å². The maximum absolute atomic E-state index is 11.1. The van der Waals surface area contributed by atoms with Crippen LogP contribution in [-0.2, 0) is 18.9 Å². The van der Waals surface area contributed by atoms with Crippen molar-refractivity contribution in [3.05, 3.63) is 28.8 Å². The van der Waals surface area contributed by atoms with Gasteiger partial charge >= 0.3 is 8.25 Å². The molecular formula is C15H27O5PSi. The number of hydrogen-bond acceptors (Lipinski definition) is 4. The predicted molar refractivity (Wildman–Crippen MR) is 91.4 cm³/mol. The minimum Gasteiger partial charge on any atom is -0.496 e. The second-order valence-electron chi connectivity index (χ2n) is 6.57. The van der Waals surface area contributed by atoms with Crippen LogP contribution in [0.4, 0.5) is 0 Å². The van der Waals surface area contributed by atoms with Crippen LogP contribution in [0.2, 0.25) is 13.1 Å². The molecule has 7 heteroatoms. The zero-order valence-corrected chi connectivity index (χ0v) is 16.5. The third kappa shape index (κ3) is 5.21. The van der Waals surface area contributed by atoms with Crippen LogP contribution < -0.4 is 4.74 Å². The lowest BCUT2D eigenvalue weighted by Crippen LogP contribution is -2.18. The van der Waals surface area contributed by atoms with E-state index in [4.69, 9.17) is 18.6 Å². The molecule has 0 saturated heterocycles. The van der Waals surface area contributed by atoms with Crippen molar-refractivity contribution in [2.75, 3.05) is 7.11 Å². The molecule has 0 heterocycles. The topological polar surface area (TPSA) is 65.0 Å². The number of ether oxygens (including phenoxy) is 1. The highest BCUT2D eigenvalue weighted by Crippen LogP contribution is 2.39. The summed E-state index contributed by atoms with van der Waals surface area (Å²) in [5, 5.41) is 0. The molecule has 0 aliphatic rings. The highest BCUT2D eigenvalue weighted by molar-refractivity contribution is 7.32. The molecular weight excluding hydrogens is 319 g/mol. The van der Waals surface area contributed by atoms with Crippen molar-refractivity contribution < 1.29 is 23.1 Å². The molecule has 1 aromatic rings. The van der Waals surface area contributed by atoms with Gasteiger partial charge in [-0.15, -0.1) is 0 Å².